The first-order valence-electron chi connectivity index (χ1n) is 12.2. The molecule has 7 nitrogen and oxygen atoms in total. The smallest absolute Gasteiger partial charge is 0.263 e. The highest BCUT2D eigenvalue weighted by atomic mass is 35.5. The number of nitrogens with one attached hydrogen (secondary N) is 1. The minimum Gasteiger partial charge on any atom is -0.495 e. The van der Waals surface area contributed by atoms with E-state index in [-0.39, 0.29) is 4.90 Å². The first-order valence-corrected chi connectivity index (χ1v) is 17.1. The predicted octanol–water partition coefficient (Wildman–Crippen LogP) is 6.22. The Bertz CT molecular complexity index is 1210. The van der Waals surface area contributed by atoms with E-state index in [9.17, 15) is 8.42 Å². The van der Waals surface area contributed by atoms with E-state index in [1.165, 1.54) is 0 Å². The second-order valence-corrected chi connectivity index (χ2v) is 16.7. The molecule has 0 saturated carbocycles. The fourth-order valence-electron chi connectivity index (χ4n) is 4.29. The number of rotatable bonds is 12. The number of sulfonamides is 1. The van der Waals surface area contributed by atoms with Crippen LogP contribution in [0.5, 0.6) is 5.75 Å². The van der Waals surface area contributed by atoms with Crippen molar-refractivity contribution in [3.05, 3.63) is 64.7 Å². The topological polar surface area (TPSA) is 77.1 Å². The molecule has 1 heterocycles. The summed E-state index contributed by atoms with van der Waals surface area (Å²) in [6.45, 7) is 12.4. The molecular weight excluding hydrogens is 551 g/mol. The van der Waals surface area contributed by atoms with E-state index < -0.39 is 23.4 Å². The average Bonchev–Trinajstić information content (AvgIpc) is 2.90. The summed E-state index contributed by atoms with van der Waals surface area (Å²) in [5.41, 5.74) is 1.46. The summed E-state index contributed by atoms with van der Waals surface area (Å²) >= 11 is 12.7. The van der Waals surface area contributed by atoms with Gasteiger partial charge in [-0.2, -0.15) is 0 Å². The van der Waals surface area contributed by atoms with E-state index in [1.807, 2.05) is 43.5 Å². The van der Waals surface area contributed by atoms with Crippen LogP contribution >= 0.6 is 23.2 Å². The van der Waals surface area contributed by atoms with Gasteiger partial charge in [-0.3, -0.25) is 0 Å². The highest BCUT2D eigenvalue weighted by Crippen LogP contribution is 2.43. The van der Waals surface area contributed by atoms with Crippen molar-refractivity contribution in [1.82, 2.24) is 4.89 Å². The highest BCUT2D eigenvalue weighted by molar-refractivity contribution is 7.89. The third-order valence-corrected chi connectivity index (χ3v) is 14.0. The van der Waals surface area contributed by atoms with Gasteiger partial charge in [-0.05, 0) is 49.7 Å². The number of halogens is 2. The lowest BCUT2D eigenvalue weighted by Gasteiger charge is -2.39. The van der Waals surface area contributed by atoms with Crippen LogP contribution in [0.25, 0.3) is 0 Å². The first-order chi connectivity index (χ1) is 17.5. The summed E-state index contributed by atoms with van der Waals surface area (Å²) in [6.07, 6.45) is 3.14. The quantitative estimate of drug-likeness (QED) is 0.181. The maximum atomic E-state index is 13.5. The van der Waals surface area contributed by atoms with Crippen LogP contribution in [0.2, 0.25) is 27.7 Å². The number of methoxy groups -OCH3 is 1. The first kappa shape index (κ1) is 30.0. The molecule has 1 atom stereocenters. The maximum absolute atomic E-state index is 13.5. The van der Waals surface area contributed by atoms with Crippen molar-refractivity contribution in [3.8, 4) is 5.75 Å². The number of hydrogen-bond acceptors (Lipinski definition) is 6. The fraction of sp³-hybridized carbons (Fsp3) is 0.462. The number of allylic oxidation sites excluding steroid dienone is 1. The van der Waals surface area contributed by atoms with Gasteiger partial charge in [0.2, 0.25) is 8.32 Å². The summed E-state index contributed by atoms with van der Waals surface area (Å²) in [4.78, 5) is 4.68. The van der Waals surface area contributed by atoms with Crippen molar-refractivity contribution in [2.24, 2.45) is 0 Å². The lowest BCUT2D eigenvalue weighted by molar-refractivity contribution is 0.122. The average molecular weight is 588 g/mol. The Morgan fingerprint density at radius 3 is 2.46 bits per heavy atom. The molecule has 204 valence electrons. The van der Waals surface area contributed by atoms with Crippen LogP contribution in [0.15, 0.2) is 53.9 Å². The van der Waals surface area contributed by atoms with Gasteiger partial charge in [0.1, 0.15) is 10.6 Å². The molecule has 0 aromatic heterocycles. The lowest BCUT2D eigenvalue weighted by atomic mass is 10.1. The summed E-state index contributed by atoms with van der Waals surface area (Å²) in [7, 11) is -5.14. The van der Waals surface area contributed by atoms with Gasteiger partial charge < -0.3 is 18.9 Å². The Morgan fingerprint density at radius 1 is 1.16 bits per heavy atom. The van der Waals surface area contributed by atoms with Crippen LogP contribution < -0.4 is 14.5 Å². The van der Waals surface area contributed by atoms with Crippen LogP contribution in [-0.4, -0.2) is 50.1 Å². The van der Waals surface area contributed by atoms with Gasteiger partial charge in [-0.1, -0.05) is 55.3 Å². The number of morpholine rings is 1. The molecule has 1 N–H and O–H groups in total. The van der Waals surface area contributed by atoms with Crippen LogP contribution in [0.3, 0.4) is 0 Å². The van der Waals surface area contributed by atoms with E-state index in [0.717, 1.165) is 5.56 Å². The van der Waals surface area contributed by atoms with Crippen LogP contribution in [0.1, 0.15) is 25.8 Å². The van der Waals surface area contributed by atoms with Crippen LogP contribution in [0, 0.1) is 0 Å². The zero-order valence-corrected chi connectivity index (χ0v) is 25.2. The second kappa shape index (κ2) is 12.5. The van der Waals surface area contributed by atoms with Crippen LogP contribution in [0.4, 0.5) is 5.69 Å². The SMILES string of the molecule is C=CC(C)(C)[Si](C)(CCCc1c(Cl)ccc(Cl)c1OC)ONS(=O)(=O)c1ccccc1N1CCOCC1. The van der Waals surface area contributed by atoms with E-state index in [0.29, 0.717) is 66.7 Å². The van der Waals surface area contributed by atoms with Gasteiger partial charge in [0.25, 0.3) is 10.0 Å². The third kappa shape index (κ3) is 6.89. The standard InChI is InChI=1S/C26H36Cl2N2O5SSi/c1-6-26(2,3)37(5,19-9-10-20-21(27)13-14-22(28)25(20)33-4)35-29-36(31,32)24-12-8-7-11-23(24)30-15-17-34-18-16-30/h6-8,11-14,29H,1,9-10,15-19H2,2-5H3. The van der Waals surface area contributed by atoms with E-state index in [4.69, 9.17) is 37.2 Å². The van der Waals surface area contributed by atoms with E-state index in [1.54, 1.807) is 31.4 Å². The van der Waals surface area contributed by atoms with Crippen molar-refractivity contribution < 1.29 is 22.4 Å². The fourth-order valence-corrected chi connectivity index (χ4v) is 9.08. The Morgan fingerprint density at radius 2 is 1.81 bits per heavy atom. The van der Waals surface area contributed by atoms with Crippen molar-refractivity contribution >= 4 is 47.2 Å². The van der Waals surface area contributed by atoms with Crippen LogP contribution in [-0.2, 0) is 25.7 Å². The largest absolute Gasteiger partial charge is 0.495 e. The summed E-state index contributed by atoms with van der Waals surface area (Å²) in [5.74, 6) is 0.557. The third-order valence-electron chi connectivity index (χ3n) is 7.20. The molecule has 2 aromatic rings. The Kier molecular flexibility index (Phi) is 10.1. The molecule has 1 aliphatic heterocycles. The van der Waals surface area contributed by atoms with Gasteiger partial charge in [0, 0.05) is 28.7 Å². The summed E-state index contributed by atoms with van der Waals surface area (Å²) < 4.78 is 44.0. The molecule has 0 spiro atoms. The summed E-state index contributed by atoms with van der Waals surface area (Å²) in [6, 6.07) is 11.1. The number of hydrogen-bond donors (Lipinski definition) is 1. The Hall–Kier alpha value is -1.59. The normalized spacial score (nSPS) is 16.3. The zero-order chi connectivity index (χ0) is 27.3. The van der Waals surface area contributed by atoms with Gasteiger partial charge in [-0.15, -0.1) is 11.5 Å². The highest BCUT2D eigenvalue weighted by Gasteiger charge is 2.45. The molecule has 3 rings (SSSR count). The molecule has 0 aliphatic carbocycles. The van der Waals surface area contributed by atoms with Crippen molar-refractivity contribution in [3.63, 3.8) is 0 Å². The number of ether oxygens (including phenoxy) is 2. The molecule has 1 fully saturated rings. The second-order valence-electron chi connectivity index (χ2n) is 9.81. The maximum Gasteiger partial charge on any atom is 0.263 e. The summed E-state index contributed by atoms with van der Waals surface area (Å²) in [5, 5.41) is 0.645. The molecule has 0 amide bonds. The molecular formula is C26H36Cl2N2O5SSi. The molecule has 37 heavy (non-hydrogen) atoms. The van der Waals surface area contributed by atoms with Gasteiger partial charge in [-0.25, -0.2) is 8.42 Å². The molecule has 1 unspecified atom stereocenters. The molecule has 1 aliphatic rings. The minimum atomic E-state index is -3.95. The van der Waals surface area contributed by atoms with Gasteiger partial charge in [0.05, 0.1) is 31.0 Å². The molecule has 0 radical (unpaired) electrons. The van der Waals surface area contributed by atoms with Crippen molar-refractivity contribution in [1.29, 1.82) is 0 Å². The lowest BCUT2D eigenvalue weighted by Crippen LogP contribution is -2.49. The van der Waals surface area contributed by atoms with Crippen molar-refractivity contribution in [2.45, 2.75) is 49.2 Å². The van der Waals surface area contributed by atoms with E-state index >= 15 is 0 Å². The molecule has 0 bridgehead atoms. The Labute approximate surface area is 231 Å². The number of anilines is 1. The number of benzene rings is 2. The molecule has 11 heteroatoms. The zero-order valence-electron chi connectivity index (χ0n) is 21.9. The monoisotopic (exact) mass is 586 g/mol. The van der Waals surface area contributed by atoms with Crippen molar-refractivity contribution in [2.75, 3.05) is 38.3 Å². The molecule has 1 saturated heterocycles. The number of nitrogens with zero attached hydrogens (tertiary/aromatic N) is 1. The predicted molar refractivity (Wildman–Crippen MR) is 153 cm³/mol. The minimum absolute atomic E-state index is 0.181. The number of para-hydroxylation sites is 1. The Balaban J connectivity index is 1.80. The van der Waals surface area contributed by atoms with Gasteiger partial charge >= 0.3 is 0 Å². The van der Waals surface area contributed by atoms with Gasteiger partial charge in [0.15, 0.2) is 0 Å². The molecule has 2 aromatic carbocycles. The van der Waals surface area contributed by atoms with E-state index in [2.05, 4.69) is 11.5 Å².